The smallest absolute Gasteiger partial charge is 0.256 e. The van der Waals surface area contributed by atoms with E-state index in [0.29, 0.717) is 12.6 Å². The van der Waals surface area contributed by atoms with E-state index in [-0.39, 0.29) is 5.25 Å². The monoisotopic (exact) mass is 162 g/mol. The summed E-state index contributed by atoms with van der Waals surface area (Å²) >= 11 is 1.04. The largest absolute Gasteiger partial charge is 0.337 e. The van der Waals surface area contributed by atoms with Gasteiger partial charge >= 0.3 is 0 Å². The van der Waals surface area contributed by atoms with Crippen molar-refractivity contribution in [1.29, 1.82) is 0 Å². The lowest BCUT2D eigenvalue weighted by Crippen LogP contribution is -1.88. The fourth-order valence-corrected chi connectivity index (χ4v) is 4.57. The van der Waals surface area contributed by atoms with E-state index >= 15 is 0 Å². The zero-order chi connectivity index (χ0) is 6.91. The van der Waals surface area contributed by atoms with Crippen molar-refractivity contribution < 1.29 is 9.46 Å². The Balaban J connectivity index is 2.60. The van der Waals surface area contributed by atoms with Gasteiger partial charge in [0.1, 0.15) is 0 Å². The van der Waals surface area contributed by atoms with Crippen molar-refractivity contribution in [1.82, 2.24) is 0 Å². The van der Waals surface area contributed by atoms with Crippen LogP contribution in [0.5, 0.6) is 0 Å². The van der Waals surface area contributed by atoms with Crippen molar-refractivity contribution in [3.05, 3.63) is 0 Å². The van der Waals surface area contributed by atoms with Gasteiger partial charge in [0.2, 0.25) is 0 Å². The zero-order valence-corrected chi connectivity index (χ0v) is 6.49. The van der Waals surface area contributed by atoms with Crippen LogP contribution in [0.2, 0.25) is 0 Å². The van der Waals surface area contributed by atoms with Gasteiger partial charge in [-0.2, -0.15) is 0 Å². The Morgan fingerprint density at radius 3 is 2.78 bits per heavy atom. The minimum absolute atomic E-state index is 0.0270. The topological polar surface area (TPSA) is 37.3 Å². The van der Waals surface area contributed by atoms with E-state index in [1.54, 1.807) is 0 Å². The second kappa shape index (κ2) is 2.38. The molecule has 0 amide bonds. The summed E-state index contributed by atoms with van der Waals surface area (Å²) in [7, 11) is 0. The molecule has 0 bridgehead atoms. The number of hydrogen-bond acceptors (Lipinski definition) is 2. The fraction of sp³-hybridized carbons (Fsp3) is 0.600. The summed E-state index contributed by atoms with van der Waals surface area (Å²) in [5.74, 6) is 2.45. The molecule has 0 aliphatic carbocycles. The predicted molar refractivity (Wildman–Crippen MR) is 39.5 cm³/mol. The number of terminal acetylenes is 1. The maximum atomic E-state index is 10.8. The molecule has 0 aromatic carbocycles. The first kappa shape index (κ1) is 7.21. The van der Waals surface area contributed by atoms with E-state index in [9.17, 15) is 4.57 Å². The zero-order valence-electron chi connectivity index (χ0n) is 4.78. The van der Waals surface area contributed by atoms with Crippen molar-refractivity contribution in [2.24, 2.45) is 0 Å². The molecule has 9 heavy (non-hydrogen) atoms. The lowest BCUT2D eigenvalue weighted by molar-refractivity contribution is 0.498. The summed E-state index contributed by atoms with van der Waals surface area (Å²) in [6, 6.07) is 0. The Morgan fingerprint density at radius 2 is 2.56 bits per heavy atom. The van der Waals surface area contributed by atoms with Crippen LogP contribution < -0.4 is 0 Å². The first-order chi connectivity index (χ1) is 4.14. The Bertz CT molecular complexity index is 196. The quantitative estimate of drug-likeness (QED) is 0.431. The lowest BCUT2D eigenvalue weighted by atomic mass is 10.3. The van der Waals surface area contributed by atoms with Crippen LogP contribution in [-0.4, -0.2) is 16.3 Å². The summed E-state index contributed by atoms with van der Waals surface area (Å²) in [5, 5.41) is -0.0270. The van der Waals surface area contributed by atoms with Gasteiger partial charge in [-0.1, -0.05) is 17.3 Å². The number of hydrogen-bond donors (Lipinski definition) is 1. The van der Waals surface area contributed by atoms with E-state index < -0.39 is 6.57 Å². The second-order valence-corrected chi connectivity index (χ2v) is 6.76. The van der Waals surface area contributed by atoms with Gasteiger partial charge in [-0.15, -0.1) is 6.42 Å². The molecule has 0 aromatic rings. The Labute approximate surface area is 58.2 Å². The third kappa shape index (κ3) is 1.76. The van der Waals surface area contributed by atoms with Crippen molar-refractivity contribution in [2.75, 3.05) is 6.16 Å². The molecule has 50 valence electrons. The highest BCUT2D eigenvalue weighted by atomic mass is 32.7. The summed E-state index contributed by atoms with van der Waals surface area (Å²) in [5.41, 5.74) is 0. The molecule has 2 atom stereocenters. The highest BCUT2D eigenvalue weighted by Gasteiger charge is 2.31. The molecule has 0 spiro atoms. The molecule has 0 aromatic heterocycles. The van der Waals surface area contributed by atoms with Crippen LogP contribution in [0.1, 0.15) is 6.42 Å². The molecule has 1 heterocycles. The molecule has 1 N–H and O–H groups in total. The van der Waals surface area contributed by atoms with Crippen molar-refractivity contribution in [3.8, 4) is 12.3 Å². The van der Waals surface area contributed by atoms with E-state index in [1.165, 1.54) is 0 Å². The fourth-order valence-electron chi connectivity index (χ4n) is 0.698. The van der Waals surface area contributed by atoms with Gasteiger partial charge in [0.15, 0.2) is 0 Å². The average molecular weight is 162 g/mol. The maximum absolute atomic E-state index is 10.8. The minimum atomic E-state index is -2.84. The summed E-state index contributed by atoms with van der Waals surface area (Å²) in [6.07, 6.45) is 6.12. The molecule has 1 fully saturated rings. The van der Waals surface area contributed by atoms with Crippen LogP contribution in [-0.2, 0) is 4.57 Å². The summed E-state index contributed by atoms with van der Waals surface area (Å²) < 4.78 is 10.8. The average Bonchev–Trinajstić information content (AvgIpc) is 2.10. The summed E-state index contributed by atoms with van der Waals surface area (Å²) in [4.78, 5) is 8.92. The van der Waals surface area contributed by atoms with Crippen LogP contribution in [0.3, 0.4) is 0 Å². The minimum Gasteiger partial charge on any atom is -0.337 e. The molecule has 4 heteroatoms. The van der Waals surface area contributed by atoms with Gasteiger partial charge in [0.05, 0.1) is 5.25 Å². The lowest BCUT2D eigenvalue weighted by Gasteiger charge is -1.97. The third-order valence-electron chi connectivity index (χ3n) is 1.15. The summed E-state index contributed by atoms with van der Waals surface area (Å²) in [6.45, 7) is -2.84. The predicted octanol–water partition coefficient (Wildman–Crippen LogP) is 1.31. The highest BCUT2D eigenvalue weighted by Crippen LogP contribution is 2.62. The Hall–Kier alpha value is 0.100. The standard InChI is InChI=1S/C5H7O2PS/c1-2-5-3-4-8(6,7)9-5/h1,5H,3-4H2,(H,6,7). The van der Waals surface area contributed by atoms with Gasteiger partial charge in [-0.25, -0.2) is 0 Å². The van der Waals surface area contributed by atoms with Gasteiger partial charge < -0.3 is 4.89 Å². The molecule has 2 nitrogen and oxygen atoms in total. The Morgan fingerprint density at radius 1 is 1.89 bits per heavy atom. The molecule has 2 unspecified atom stereocenters. The first-order valence-electron chi connectivity index (χ1n) is 2.60. The first-order valence-corrected chi connectivity index (χ1v) is 5.93. The highest BCUT2D eigenvalue weighted by molar-refractivity contribution is 8.57. The van der Waals surface area contributed by atoms with E-state index in [2.05, 4.69) is 5.92 Å². The van der Waals surface area contributed by atoms with Crippen LogP contribution >= 0.6 is 18.0 Å². The van der Waals surface area contributed by atoms with Gasteiger partial charge in [0.25, 0.3) is 6.57 Å². The second-order valence-electron chi connectivity index (χ2n) is 1.91. The van der Waals surface area contributed by atoms with Gasteiger partial charge in [-0.3, -0.25) is 4.57 Å². The number of rotatable bonds is 0. The molecule has 0 saturated carbocycles. The molecule has 1 saturated heterocycles. The van der Waals surface area contributed by atoms with Crippen LogP contribution in [0, 0.1) is 12.3 Å². The van der Waals surface area contributed by atoms with Crippen LogP contribution in [0.15, 0.2) is 0 Å². The normalized spacial score (nSPS) is 42.4. The molecular formula is C5H7O2PS. The maximum Gasteiger partial charge on any atom is 0.256 e. The van der Waals surface area contributed by atoms with E-state index in [0.717, 1.165) is 11.4 Å². The van der Waals surface area contributed by atoms with Crippen molar-refractivity contribution in [3.63, 3.8) is 0 Å². The van der Waals surface area contributed by atoms with Crippen molar-refractivity contribution in [2.45, 2.75) is 11.7 Å². The molecule has 0 radical (unpaired) electrons. The SMILES string of the molecule is C#CC1CCP(=O)(O)S1. The molecule has 1 aliphatic rings. The van der Waals surface area contributed by atoms with Gasteiger partial charge in [-0.05, 0) is 6.42 Å². The molecule has 1 rings (SSSR count). The Kier molecular flexibility index (Phi) is 1.91. The molecular weight excluding hydrogens is 155 g/mol. The third-order valence-corrected chi connectivity index (χ3v) is 5.23. The van der Waals surface area contributed by atoms with Crippen LogP contribution in [0.25, 0.3) is 0 Å². The van der Waals surface area contributed by atoms with Crippen LogP contribution in [0.4, 0.5) is 0 Å². The van der Waals surface area contributed by atoms with Gasteiger partial charge in [0, 0.05) is 6.16 Å². The molecule has 1 aliphatic heterocycles. The van der Waals surface area contributed by atoms with E-state index in [4.69, 9.17) is 11.3 Å². The van der Waals surface area contributed by atoms with Crippen molar-refractivity contribution >= 4 is 18.0 Å². The van der Waals surface area contributed by atoms with E-state index in [1.807, 2.05) is 0 Å².